The first-order chi connectivity index (χ1) is 5.83. The monoisotopic (exact) mass is 165 g/mol. The summed E-state index contributed by atoms with van der Waals surface area (Å²) in [6, 6.07) is 0. The molecule has 3 nitrogen and oxygen atoms in total. The minimum absolute atomic E-state index is 0.142. The molecule has 1 rings (SSSR count). The van der Waals surface area contributed by atoms with E-state index in [1.807, 2.05) is 6.08 Å². The number of rotatable bonds is 4. The Morgan fingerprint density at radius 1 is 1.58 bits per heavy atom. The second kappa shape index (κ2) is 4.19. The van der Waals surface area contributed by atoms with Gasteiger partial charge in [0.1, 0.15) is 0 Å². The third-order valence-corrected chi connectivity index (χ3v) is 2.13. The zero-order chi connectivity index (χ0) is 8.86. The molecule has 0 unspecified atom stereocenters. The van der Waals surface area contributed by atoms with E-state index in [2.05, 4.69) is 4.99 Å². The quantitative estimate of drug-likeness (QED) is 0.356. The van der Waals surface area contributed by atoms with Gasteiger partial charge >= 0.3 is 71.9 Å². The summed E-state index contributed by atoms with van der Waals surface area (Å²) in [5.74, 6) is 0. The second-order valence-electron chi connectivity index (χ2n) is 2.91. The van der Waals surface area contributed by atoms with Crippen molar-refractivity contribution in [2.24, 2.45) is 4.99 Å². The van der Waals surface area contributed by atoms with E-state index in [-0.39, 0.29) is 5.54 Å². The van der Waals surface area contributed by atoms with Crippen molar-refractivity contribution in [2.75, 3.05) is 7.11 Å². The first-order valence-corrected chi connectivity index (χ1v) is 4.02. The van der Waals surface area contributed by atoms with Gasteiger partial charge in [0.15, 0.2) is 0 Å². The molecule has 0 bridgehead atoms. The van der Waals surface area contributed by atoms with Crippen LogP contribution in [0.1, 0.15) is 19.3 Å². The van der Waals surface area contributed by atoms with Crippen molar-refractivity contribution in [1.29, 1.82) is 0 Å². The molecule has 0 atom stereocenters. The maximum atomic E-state index is 10.1. The van der Waals surface area contributed by atoms with Gasteiger partial charge in [-0.1, -0.05) is 0 Å². The number of methoxy groups -OCH3 is 1. The topological polar surface area (TPSA) is 38.7 Å². The van der Waals surface area contributed by atoms with E-state index < -0.39 is 0 Å². The Labute approximate surface area is 72.8 Å². The number of hydrogen-bond donors (Lipinski definition) is 0. The Morgan fingerprint density at radius 2 is 2.33 bits per heavy atom. The molecule has 0 saturated heterocycles. The molecule has 1 saturated carbocycles. The number of hydrogen-bond acceptors (Lipinski definition) is 3. The molecule has 12 heavy (non-hydrogen) atoms. The number of aliphatic imine (C=N–C) groups is 1. The summed E-state index contributed by atoms with van der Waals surface area (Å²) in [4.78, 5) is 4.16. The van der Waals surface area contributed by atoms with Crippen LogP contribution in [0.4, 0.5) is 0 Å². The molecular weight excluding hydrogens is 153 g/mol. The molecule has 0 N–H and O–H groups in total. The van der Waals surface area contributed by atoms with Gasteiger partial charge in [-0.15, -0.1) is 0 Å². The molecule has 0 radical (unpaired) electrons. The third kappa shape index (κ3) is 2.03. The van der Waals surface area contributed by atoms with Crippen LogP contribution < -0.4 is 0 Å². The first kappa shape index (κ1) is 9.17. The predicted octanol–water partition coefficient (Wildman–Crippen LogP) is 1.15. The van der Waals surface area contributed by atoms with Crippen LogP contribution in [0.25, 0.3) is 0 Å². The summed E-state index contributed by atoms with van der Waals surface area (Å²) in [5.41, 5.74) is -0.142. The molecule has 1 aliphatic rings. The fraction of sp³-hybridized carbons (Fsp3) is 0.625. The Kier molecular flexibility index (Phi) is 3.20. The molecular formula is C8H12BNO2. The minimum atomic E-state index is -0.142. The fourth-order valence-electron chi connectivity index (χ4n) is 1.25. The second-order valence-corrected chi connectivity index (χ2v) is 2.91. The Balaban J connectivity index is 2.56. The van der Waals surface area contributed by atoms with Crippen LogP contribution in [0, 0.1) is 0 Å². The van der Waals surface area contributed by atoms with Crippen molar-refractivity contribution in [3.8, 4) is 0 Å². The summed E-state index contributed by atoms with van der Waals surface area (Å²) in [7, 11) is 2.31. The maximum absolute atomic E-state index is 10.1. The average Bonchev–Trinajstić information content (AvgIpc) is 2.02. The molecule has 1 fully saturated rings. The van der Waals surface area contributed by atoms with Gasteiger partial charge in [-0.25, -0.2) is 0 Å². The van der Waals surface area contributed by atoms with E-state index in [4.69, 9.17) is 4.74 Å². The predicted molar refractivity (Wildman–Crippen MR) is 47.7 cm³/mol. The van der Waals surface area contributed by atoms with Gasteiger partial charge < -0.3 is 0 Å². The summed E-state index contributed by atoms with van der Waals surface area (Å²) >= 11 is 0. The molecule has 0 amide bonds. The fourth-order valence-corrected chi connectivity index (χ4v) is 1.25. The molecule has 0 aromatic rings. The van der Waals surface area contributed by atoms with Gasteiger partial charge in [0.2, 0.25) is 0 Å². The van der Waals surface area contributed by atoms with Gasteiger partial charge in [-0.3, -0.25) is 0 Å². The molecule has 64 valence electrons. The van der Waals surface area contributed by atoms with Crippen LogP contribution in [0.15, 0.2) is 17.3 Å². The van der Waals surface area contributed by atoms with Gasteiger partial charge in [0.05, 0.1) is 0 Å². The molecule has 0 heterocycles. The first-order valence-electron chi connectivity index (χ1n) is 4.02. The molecule has 0 spiro atoms. The van der Waals surface area contributed by atoms with Crippen LogP contribution in [-0.2, 0) is 9.44 Å². The zero-order valence-electron chi connectivity index (χ0n) is 7.19. The molecule has 1 aliphatic carbocycles. The summed E-state index contributed by atoms with van der Waals surface area (Å²) < 4.78 is 14.9. The Morgan fingerprint density at radius 3 is 2.75 bits per heavy atom. The zero-order valence-corrected chi connectivity index (χ0v) is 7.19. The Hall–Kier alpha value is -0.925. The number of nitrogens with zero attached hydrogens (tertiary/aromatic N) is 1. The molecule has 4 heteroatoms. The van der Waals surface area contributed by atoms with E-state index in [9.17, 15) is 4.70 Å². The van der Waals surface area contributed by atoms with E-state index in [1.165, 1.54) is 12.5 Å². The van der Waals surface area contributed by atoms with Gasteiger partial charge in [0, 0.05) is 0 Å². The third-order valence-electron chi connectivity index (χ3n) is 2.13. The Bertz CT molecular complexity index is 209. The van der Waals surface area contributed by atoms with E-state index in [1.54, 1.807) is 13.4 Å². The van der Waals surface area contributed by atoms with Gasteiger partial charge in [0.25, 0.3) is 0 Å². The normalized spacial score (nSPS) is 20.8. The molecule has 0 aromatic heterocycles. The van der Waals surface area contributed by atoms with Crippen molar-refractivity contribution in [2.45, 2.75) is 24.8 Å². The van der Waals surface area contributed by atoms with Crippen LogP contribution in [0.3, 0.4) is 0 Å². The van der Waals surface area contributed by atoms with Crippen molar-refractivity contribution in [3.63, 3.8) is 0 Å². The van der Waals surface area contributed by atoms with Crippen molar-refractivity contribution in [1.82, 2.24) is 0 Å². The van der Waals surface area contributed by atoms with E-state index in [0.29, 0.717) is 7.15 Å². The van der Waals surface area contributed by atoms with E-state index in [0.717, 1.165) is 12.8 Å². The summed E-state index contributed by atoms with van der Waals surface area (Å²) in [6.07, 6.45) is 8.05. The van der Waals surface area contributed by atoms with Crippen molar-refractivity contribution < 1.29 is 9.44 Å². The summed E-state index contributed by atoms with van der Waals surface area (Å²) in [6.45, 7) is 0. The van der Waals surface area contributed by atoms with E-state index >= 15 is 0 Å². The molecule has 0 aromatic carbocycles. The van der Waals surface area contributed by atoms with Crippen LogP contribution in [0.2, 0.25) is 0 Å². The van der Waals surface area contributed by atoms with Crippen LogP contribution in [-0.4, -0.2) is 25.9 Å². The SMILES string of the molecule is CO/C=C/C1(N=CB=O)CCC1. The standard InChI is InChI=1S/C8H12BNO2/c1-12-6-5-8(3-2-4-8)10-7-9-11/h5-7H,2-4H2,1H3/b6-5+,10-7?. The summed E-state index contributed by atoms with van der Waals surface area (Å²) in [5, 5.41) is 0. The van der Waals surface area contributed by atoms with Gasteiger partial charge in [-0.05, 0) is 0 Å². The average molecular weight is 165 g/mol. The van der Waals surface area contributed by atoms with Gasteiger partial charge in [-0.2, -0.15) is 0 Å². The van der Waals surface area contributed by atoms with Crippen molar-refractivity contribution >= 4 is 13.3 Å². The number of ether oxygens (including phenoxy) is 1. The van der Waals surface area contributed by atoms with Crippen LogP contribution in [0.5, 0.6) is 0 Å². The van der Waals surface area contributed by atoms with Crippen molar-refractivity contribution in [3.05, 3.63) is 12.3 Å². The van der Waals surface area contributed by atoms with Crippen LogP contribution >= 0.6 is 0 Å². The molecule has 0 aliphatic heterocycles.